The summed E-state index contributed by atoms with van der Waals surface area (Å²) in [6, 6.07) is 1.40. The van der Waals surface area contributed by atoms with Crippen molar-refractivity contribution >= 4 is 17.8 Å². The van der Waals surface area contributed by atoms with Crippen LogP contribution in [-0.4, -0.2) is 16.4 Å². The van der Waals surface area contributed by atoms with Crippen molar-refractivity contribution in [1.82, 2.24) is 0 Å². The number of carboxylic acid groups (broad SMARTS) is 1. The summed E-state index contributed by atoms with van der Waals surface area (Å²) in [5, 5.41) is 19.6. The zero-order chi connectivity index (χ0) is 16.5. The Labute approximate surface area is 137 Å². The Hall–Kier alpha value is -1.42. The highest BCUT2D eigenvalue weighted by Crippen LogP contribution is 2.39. The van der Waals surface area contributed by atoms with Crippen LogP contribution in [0.1, 0.15) is 63.5 Å². The lowest BCUT2D eigenvalue weighted by molar-refractivity contribution is 0.143. The van der Waals surface area contributed by atoms with E-state index in [2.05, 4.69) is 18.6 Å². The van der Waals surface area contributed by atoms with E-state index in [0.717, 1.165) is 56.1 Å². The van der Waals surface area contributed by atoms with Crippen molar-refractivity contribution in [3.05, 3.63) is 22.2 Å². The zero-order valence-electron chi connectivity index (χ0n) is 13.3. The number of aromatic hydroxyl groups is 1. The number of carbonyl (C=O) groups is 1. The number of hydrogen-bond acceptors (Lipinski definition) is 3. The summed E-state index contributed by atoms with van der Waals surface area (Å²) in [6.45, 7) is 4.24. The van der Waals surface area contributed by atoms with Crippen LogP contribution in [0.2, 0.25) is 5.02 Å². The summed E-state index contributed by atoms with van der Waals surface area (Å²) in [6.07, 6.45) is 6.26. The zero-order valence-corrected chi connectivity index (χ0v) is 14.1. The Balaban J connectivity index is 3.10. The molecular weight excluding hydrogens is 304 g/mol. The number of phenols is 1. The maximum atomic E-state index is 10.7. The Bertz CT molecular complexity index is 500. The van der Waals surface area contributed by atoms with E-state index >= 15 is 0 Å². The standard InChI is InChI=1S/C17H25ClO4/c1-3-5-7-9-12-13(10-8-6-4-2)16(19)15(11-14(12)18)22-17(20)21/h11,19H,3-10H2,1-2H3,(H,20,21). The van der Waals surface area contributed by atoms with Gasteiger partial charge < -0.3 is 14.9 Å². The quantitative estimate of drug-likeness (QED) is 0.353. The summed E-state index contributed by atoms with van der Waals surface area (Å²) >= 11 is 6.30. The molecule has 0 atom stereocenters. The molecule has 4 nitrogen and oxygen atoms in total. The molecule has 22 heavy (non-hydrogen) atoms. The lowest BCUT2D eigenvalue weighted by Crippen LogP contribution is -2.06. The number of ether oxygens (including phenoxy) is 1. The highest BCUT2D eigenvalue weighted by Gasteiger charge is 2.19. The van der Waals surface area contributed by atoms with Crippen LogP contribution in [0.5, 0.6) is 11.5 Å². The first-order valence-electron chi connectivity index (χ1n) is 7.95. The third-order valence-corrected chi connectivity index (χ3v) is 4.02. The first-order chi connectivity index (χ1) is 10.5. The van der Waals surface area contributed by atoms with Gasteiger partial charge in [-0.15, -0.1) is 0 Å². The lowest BCUT2D eigenvalue weighted by atomic mass is 9.95. The molecule has 0 unspecified atom stereocenters. The van der Waals surface area contributed by atoms with E-state index in [1.54, 1.807) is 0 Å². The van der Waals surface area contributed by atoms with Gasteiger partial charge in [-0.3, -0.25) is 0 Å². The predicted octanol–water partition coefficient (Wildman–Crippen LogP) is 5.57. The van der Waals surface area contributed by atoms with Crippen molar-refractivity contribution in [1.29, 1.82) is 0 Å². The number of unbranched alkanes of at least 4 members (excludes halogenated alkanes) is 4. The van der Waals surface area contributed by atoms with E-state index in [1.807, 2.05) is 0 Å². The third kappa shape index (κ3) is 5.41. The minimum absolute atomic E-state index is 0.0803. The molecule has 2 N–H and O–H groups in total. The largest absolute Gasteiger partial charge is 0.511 e. The molecular formula is C17H25ClO4. The predicted molar refractivity (Wildman–Crippen MR) is 88.2 cm³/mol. The van der Waals surface area contributed by atoms with Crippen molar-refractivity contribution in [2.24, 2.45) is 0 Å². The topological polar surface area (TPSA) is 66.8 Å². The van der Waals surface area contributed by atoms with Gasteiger partial charge in [0.15, 0.2) is 11.5 Å². The number of hydrogen-bond donors (Lipinski definition) is 2. The number of halogens is 1. The van der Waals surface area contributed by atoms with Gasteiger partial charge in [0.25, 0.3) is 0 Å². The molecule has 1 aromatic carbocycles. The minimum atomic E-state index is -1.45. The fourth-order valence-corrected chi connectivity index (χ4v) is 2.83. The van der Waals surface area contributed by atoms with E-state index in [4.69, 9.17) is 16.7 Å². The molecule has 0 aliphatic heterocycles. The van der Waals surface area contributed by atoms with Gasteiger partial charge in [-0.2, -0.15) is 0 Å². The van der Waals surface area contributed by atoms with E-state index < -0.39 is 6.16 Å². The van der Waals surface area contributed by atoms with E-state index in [0.29, 0.717) is 11.4 Å². The molecule has 0 aromatic heterocycles. The summed E-state index contributed by atoms with van der Waals surface area (Å²) in [4.78, 5) is 10.7. The summed E-state index contributed by atoms with van der Waals surface area (Å²) < 4.78 is 4.64. The molecule has 0 saturated carbocycles. The van der Waals surface area contributed by atoms with Crippen molar-refractivity contribution < 1.29 is 19.7 Å². The average Bonchev–Trinajstić information content (AvgIpc) is 2.46. The van der Waals surface area contributed by atoms with Gasteiger partial charge in [0.1, 0.15) is 0 Å². The van der Waals surface area contributed by atoms with Crippen molar-refractivity contribution in [3.8, 4) is 11.5 Å². The van der Waals surface area contributed by atoms with E-state index in [9.17, 15) is 9.90 Å². The minimum Gasteiger partial charge on any atom is -0.504 e. The fraction of sp³-hybridized carbons (Fsp3) is 0.588. The monoisotopic (exact) mass is 328 g/mol. The smallest absolute Gasteiger partial charge is 0.504 e. The van der Waals surface area contributed by atoms with Crippen LogP contribution >= 0.6 is 11.6 Å². The van der Waals surface area contributed by atoms with Crippen LogP contribution in [0.4, 0.5) is 4.79 Å². The first kappa shape index (κ1) is 18.6. The van der Waals surface area contributed by atoms with Gasteiger partial charge >= 0.3 is 6.16 Å². The Morgan fingerprint density at radius 1 is 1.09 bits per heavy atom. The lowest BCUT2D eigenvalue weighted by Gasteiger charge is -2.16. The maximum Gasteiger partial charge on any atom is 0.511 e. The average molecular weight is 329 g/mol. The molecule has 0 spiro atoms. The first-order valence-corrected chi connectivity index (χ1v) is 8.33. The molecule has 0 heterocycles. The molecule has 0 saturated heterocycles. The van der Waals surface area contributed by atoms with Gasteiger partial charge in [0.2, 0.25) is 0 Å². The number of benzene rings is 1. The fourth-order valence-electron chi connectivity index (χ4n) is 2.52. The number of phenolic OH excluding ortho intramolecular Hbond substituents is 1. The van der Waals surface area contributed by atoms with Crippen LogP contribution in [0, 0.1) is 0 Å². The van der Waals surface area contributed by atoms with Crippen LogP contribution in [0.25, 0.3) is 0 Å². The Morgan fingerprint density at radius 3 is 2.14 bits per heavy atom. The second kappa shape index (κ2) is 9.57. The van der Waals surface area contributed by atoms with Crippen LogP contribution in [0.15, 0.2) is 6.07 Å². The van der Waals surface area contributed by atoms with Gasteiger partial charge in [-0.05, 0) is 31.2 Å². The van der Waals surface area contributed by atoms with Gasteiger partial charge in [0, 0.05) is 16.7 Å². The second-order valence-electron chi connectivity index (χ2n) is 5.44. The molecule has 124 valence electrons. The van der Waals surface area contributed by atoms with Gasteiger partial charge in [-0.25, -0.2) is 4.79 Å². The second-order valence-corrected chi connectivity index (χ2v) is 5.85. The van der Waals surface area contributed by atoms with Crippen molar-refractivity contribution in [3.63, 3.8) is 0 Å². The molecule has 0 aliphatic rings. The highest BCUT2D eigenvalue weighted by molar-refractivity contribution is 6.31. The molecule has 0 fully saturated rings. The van der Waals surface area contributed by atoms with Gasteiger partial charge in [-0.1, -0.05) is 51.1 Å². The SMILES string of the molecule is CCCCCc1c(Cl)cc(OC(=O)O)c(O)c1CCCCC. The molecule has 0 aliphatic carbocycles. The van der Waals surface area contributed by atoms with E-state index in [-0.39, 0.29) is 11.5 Å². The highest BCUT2D eigenvalue weighted by atomic mass is 35.5. The van der Waals surface area contributed by atoms with Crippen LogP contribution < -0.4 is 4.74 Å². The molecule has 0 bridgehead atoms. The number of rotatable bonds is 9. The molecule has 0 radical (unpaired) electrons. The van der Waals surface area contributed by atoms with Crippen molar-refractivity contribution in [2.45, 2.75) is 65.2 Å². The molecule has 5 heteroatoms. The Morgan fingerprint density at radius 2 is 1.64 bits per heavy atom. The molecule has 1 aromatic rings. The third-order valence-electron chi connectivity index (χ3n) is 3.69. The summed E-state index contributed by atoms with van der Waals surface area (Å²) in [7, 11) is 0. The summed E-state index contributed by atoms with van der Waals surface area (Å²) in [5.41, 5.74) is 1.65. The van der Waals surface area contributed by atoms with Crippen LogP contribution in [0.3, 0.4) is 0 Å². The normalized spacial score (nSPS) is 10.7. The Kier molecular flexibility index (Phi) is 8.10. The van der Waals surface area contributed by atoms with Crippen molar-refractivity contribution in [2.75, 3.05) is 0 Å². The maximum absolute atomic E-state index is 10.7. The van der Waals surface area contributed by atoms with Gasteiger partial charge in [0.05, 0.1) is 0 Å². The summed E-state index contributed by atoms with van der Waals surface area (Å²) in [5.74, 6) is -0.169. The van der Waals surface area contributed by atoms with E-state index in [1.165, 1.54) is 6.07 Å². The molecule has 1 rings (SSSR count). The molecule has 0 amide bonds. The van der Waals surface area contributed by atoms with Crippen LogP contribution in [-0.2, 0) is 12.8 Å².